The summed E-state index contributed by atoms with van der Waals surface area (Å²) in [6, 6.07) is 13.3. The van der Waals surface area contributed by atoms with Gasteiger partial charge in [-0.3, -0.25) is 4.90 Å². The Kier molecular flexibility index (Phi) is 5.98. The number of benzene rings is 2. The lowest BCUT2D eigenvalue weighted by Crippen LogP contribution is -2.53. The molecule has 0 spiro atoms. The maximum absolute atomic E-state index is 13.6. The van der Waals surface area contributed by atoms with E-state index in [2.05, 4.69) is 0 Å². The molecule has 0 bridgehead atoms. The minimum atomic E-state index is -3.79. The molecule has 2 aromatic carbocycles. The van der Waals surface area contributed by atoms with Crippen molar-refractivity contribution in [3.63, 3.8) is 0 Å². The van der Waals surface area contributed by atoms with Gasteiger partial charge in [0.1, 0.15) is 0 Å². The Bertz CT molecular complexity index is 1030. The van der Waals surface area contributed by atoms with Crippen LogP contribution in [0.1, 0.15) is 49.9 Å². The molecule has 1 aliphatic rings. The zero-order chi connectivity index (χ0) is 22.3. The van der Waals surface area contributed by atoms with Crippen molar-refractivity contribution < 1.29 is 18.3 Å². The maximum Gasteiger partial charge on any atom is 0.408 e. The summed E-state index contributed by atoms with van der Waals surface area (Å²) in [7, 11) is -3.79. The van der Waals surface area contributed by atoms with Crippen LogP contribution in [0.2, 0.25) is 0 Å². The predicted octanol–water partition coefficient (Wildman–Crippen LogP) is 4.59. The first-order chi connectivity index (χ1) is 13.9. The van der Waals surface area contributed by atoms with E-state index in [9.17, 15) is 18.3 Å². The molecule has 1 saturated heterocycles. The molecule has 1 amide bonds. The number of carboxylic acid groups (broad SMARTS) is 1. The minimum Gasteiger partial charge on any atom is -0.465 e. The van der Waals surface area contributed by atoms with Crippen molar-refractivity contribution in [3.05, 3.63) is 65.2 Å². The van der Waals surface area contributed by atoms with Crippen molar-refractivity contribution in [2.75, 3.05) is 6.54 Å². The van der Waals surface area contributed by atoms with E-state index in [1.807, 2.05) is 58.9 Å². The molecule has 1 N–H and O–H groups in total. The largest absolute Gasteiger partial charge is 0.465 e. The summed E-state index contributed by atoms with van der Waals surface area (Å²) in [6.07, 6.45) is -0.603. The van der Waals surface area contributed by atoms with Gasteiger partial charge in [-0.2, -0.15) is 4.31 Å². The van der Waals surface area contributed by atoms with Gasteiger partial charge in [-0.1, -0.05) is 42.0 Å². The zero-order valence-electron chi connectivity index (χ0n) is 18.2. The quantitative estimate of drug-likeness (QED) is 0.770. The average Bonchev–Trinajstić information content (AvgIpc) is 3.06. The van der Waals surface area contributed by atoms with Gasteiger partial charge in [0, 0.05) is 12.1 Å². The molecule has 1 aliphatic heterocycles. The monoisotopic (exact) mass is 430 g/mol. The normalized spacial score (nSPS) is 20.3. The number of hydrogen-bond acceptors (Lipinski definition) is 3. The highest BCUT2D eigenvalue weighted by Gasteiger charge is 2.49. The molecule has 0 unspecified atom stereocenters. The lowest BCUT2D eigenvalue weighted by molar-refractivity contribution is 0.0610. The van der Waals surface area contributed by atoms with Crippen LogP contribution in [-0.2, 0) is 10.0 Å². The second-order valence-electron chi connectivity index (χ2n) is 8.91. The molecular formula is C23H30N2O4S. The number of sulfonamides is 1. The Morgan fingerprint density at radius 2 is 1.67 bits per heavy atom. The van der Waals surface area contributed by atoms with Gasteiger partial charge in [-0.25, -0.2) is 13.2 Å². The molecule has 0 radical (unpaired) electrons. The van der Waals surface area contributed by atoms with Gasteiger partial charge in [0.05, 0.1) is 17.0 Å². The van der Waals surface area contributed by atoms with E-state index < -0.39 is 33.7 Å². The van der Waals surface area contributed by atoms with Gasteiger partial charge in [0.15, 0.2) is 0 Å². The molecule has 2 aromatic rings. The molecule has 0 saturated carbocycles. The Labute approximate surface area is 179 Å². The van der Waals surface area contributed by atoms with Crippen molar-refractivity contribution in [3.8, 4) is 0 Å². The predicted molar refractivity (Wildman–Crippen MR) is 117 cm³/mol. The van der Waals surface area contributed by atoms with Gasteiger partial charge in [-0.05, 0) is 64.3 Å². The molecule has 1 fully saturated rings. The van der Waals surface area contributed by atoms with Crippen molar-refractivity contribution in [1.29, 1.82) is 0 Å². The van der Waals surface area contributed by atoms with Crippen LogP contribution in [0, 0.1) is 13.8 Å². The molecule has 6 nitrogen and oxygen atoms in total. The topological polar surface area (TPSA) is 77.9 Å². The van der Waals surface area contributed by atoms with Crippen LogP contribution in [0.4, 0.5) is 4.79 Å². The van der Waals surface area contributed by atoms with E-state index in [-0.39, 0.29) is 11.4 Å². The van der Waals surface area contributed by atoms with E-state index in [1.165, 1.54) is 9.21 Å². The van der Waals surface area contributed by atoms with E-state index in [1.54, 1.807) is 24.3 Å². The molecule has 162 valence electrons. The first kappa shape index (κ1) is 22.3. The third kappa shape index (κ3) is 4.09. The second kappa shape index (κ2) is 8.04. The Morgan fingerprint density at radius 3 is 2.20 bits per heavy atom. The van der Waals surface area contributed by atoms with Crippen LogP contribution in [0.15, 0.2) is 53.4 Å². The van der Waals surface area contributed by atoms with Crippen LogP contribution < -0.4 is 0 Å². The maximum atomic E-state index is 13.6. The van der Waals surface area contributed by atoms with Gasteiger partial charge in [0.2, 0.25) is 10.0 Å². The zero-order valence-corrected chi connectivity index (χ0v) is 19.0. The van der Waals surface area contributed by atoms with E-state index >= 15 is 0 Å². The van der Waals surface area contributed by atoms with E-state index in [0.29, 0.717) is 6.42 Å². The van der Waals surface area contributed by atoms with Gasteiger partial charge < -0.3 is 5.11 Å². The molecule has 0 aliphatic carbocycles. The molecule has 0 aromatic heterocycles. The molecule has 1 heterocycles. The number of nitrogens with zero attached hydrogens (tertiary/aromatic N) is 2. The van der Waals surface area contributed by atoms with Gasteiger partial charge >= 0.3 is 6.09 Å². The molecule has 30 heavy (non-hydrogen) atoms. The standard InChI is InChI=1S/C23H30N2O4S/c1-16-10-12-18(13-11-16)30(28,29)24-15-14-20(25(22(26)27)23(3,4)5)21(24)19-9-7-6-8-17(19)2/h6-13,20-21H,14-15H2,1-5H3,(H,26,27)/t20-,21-/m1/s1. The minimum absolute atomic E-state index is 0.227. The molecular weight excluding hydrogens is 400 g/mol. The fourth-order valence-electron chi connectivity index (χ4n) is 4.34. The first-order valence-corrected chi connectivity index (χ1v) is 11.5. The summed E-state index contributed by atoms with van der Waals surface area (Å²) < 4.78 is 28.7. The number of carbonyl (C=O) groups is 1. The number of hydrogen-bond donors (Lipinski definition) is 1. The first-order valence-electron chi connectivity index (χ1n) is 10.1. The highest BCUT2D eigenvalue weighted by molar-refractivity contribution is 7.89. The van der Waals surface area contributed by atoms with Crippen molar-refractivity contribution in [1.82, 2.24) is 9.21 Å². The van der Waals surface area contributed by atoms with E-state index in [4.69, 9.17) is 0 Å². The highest BCUT2D eigenvalue weighted by Crippen LogP contribution is 2.42. The van der Waals surface area contributed by atoms with Crippen LogP contribution in [0.5, 0.6) is 0 Å². The summed E-state index contributed by atoms with van der Waals surface area (Å²) in [5.74, 6) is 0. The van der Waals surface area contributed by atoms with Crippen molar-refractivity contribution in [2.24, 2.45) is 0 Å². The third-order valence-electron chi connectivity index (χ3n) is 5.72. The molecule has 3 rings (SSSR count). The van der Waals surface area contributed by atoms with Gasteiger partial charge in [-0.15, -0.1) is 0 Å². The molecule has 2 atom stereocenters. The lowest BCUT2D eigenvalue weighted by atomic mass is 9.92. The number of aryl methyl sites for hydroxylation is 2. The smallest absolute Gasteiger partial charge is 0.408 e. The van der Waals surface area contributed by atoms with Crippen LogP contribution in [0.3, 0.4) is 0 Å². The van der Waals surface area contributed by atoms with Crippen molar-refractivity contribution in [2.45, 2.75) is 63.6 Å². The SMILES string of the molecule is Cc1ccc(S(=O)(=O)N2CC[C@@H](N(C(=O)O)C(C)(C)C)[C@H]2c2ccccc2C)cc1. The number of amides is 1. The summed E-state index contributed by atoms with van der Waals surface area (Å²) in [5, 5.41) is 10.00. The fourth-order valence-corrected chi connectivity index (χ4v) is 5.99. The summed E-state index contributed by atoms with van der Waals surface area (Å²) >= 11 is 0. The third-order valence-corrected chi connectivity index (χ3v) is 7.61. The average molecular weight is 431 g/mol. The second-order valence-corrected chi connectivity index (χ2v) is 10.8. The fraction of sp³-hybridized carbons (Fsp3) is 0.435. The Balaban J connectivity index is 2.15. The van der Waals surface area contributed by atoms with Gasteiger partial charge in [0.25, 0.3) is 0 Å². The van der Waals surface area contributed by atoms with Crippen LogP contribution >= 0.6 is 0 Å². The summed E-state index contributed by atoms with van der Waals surface area (Å²) in [5.41, 5.74) is 2.10. The van der Waals surface area contributed by atoms with Crippen LogP contribution in [0.25, 0.3) is 0 Å². The molecule has 7 heteroatoms. The van der Waals surface area contributed by atoms with Crippen LogP contribution in [-0.4, -0.2) is 46.9 Å². The van der Waals surface area contributed by atoms with E-state index in [0.717, 1.165) is 16.7 Å². The summed E-state index contributed by atoms with van der Waals surface area (Å²) in [4.78, 5) is 13.9. The summed E-state index contributed by atoms with van der Waals surface area (Å²) in [6.45, 7) is 9.63. The van der Waals surface area contributed by atoms with Crippen molar-refractivity contribution >= 4 is 16.1 Å². The Morgan fingerprint density at radius 1 is 1.07 bits per heavy atom. The highest BCUT2D eigenvalue weighted by atomic mass is 32.2. The lowest BCUT2D eigenvalue weighted by Gasteiger charge is -2.41. The Hall–Kier alpha value is -2.38. The number of rotatable bonds is 4.